The first-order chi connectivity index (χ1) is 7.25. The number of hydrogen-bond donors (Lipinski definition) is 1. The van der Waals surface area contributed by atoms with Gasteiger partial charge in [-0.3, -0.25) is 0 Å². The molecule has 2 spiro atoms. The van der Waals surface area contributed by atoms with Crippen LogP contribution in [-0.4, -0.2) is 37.3 Å². The predicted molar refractivity (Wildman–Crippen MR) is 60.6 cm³/mol. The molecule has 0 aromatic heterocycles. The lowest BCUT2D eigenvalue weighted by Gasteiger charge is -2.34. The second kappa shape index (κ2) is 2.98. The molecule has 1 aliphatic heterocycles. The predicted octanol–water partition coefficient (Wildman–Crippen LogP) is 1.74. The monoisotopic (exact) mass is 209 g/mol. The molecule has 0 bridgehead atoms. The zero-order chi connectivity index (χ0) is 10.7. The van der Waals surface area contributed by atoms with Crippen LogP contribution >= 0.6 is 0 Å². The summed E-state index contributed by atoms with van der Waals surface area (Å²) in [5.41, 5.74) is 1.75. The molecule has 1 saturated heterocycles. The van der Waals surface area contributed by atoms with E-state index in [1.54, 1.807) is 25.7 Å². The van der Waals surface area contributed by atoms with Gasteiger partial charge in [0.15, 0.2) is 0 Å². The molecule has 0 amide bonds. The Hall–Kier alpha value is -0.0800. The summed E-state index contributed by atoms with van der Waals surface area (Å²) in [4.78, 5) is 2.57. The first-order valence-corrected chi connectivity index (χ1v) is 6.39. The number of rotatable bonds is 0. The van der Waals surface area contributed by atoms with Crippen molar-refractivity contribution in [3.63, 3.8) is 0 Å². The van der Waals surface area contributed by atoms with Crippen molar-refractivity contribution in [2.24, 2.45) is 22.7 Å². The number of hydrogen-bond acceptors (Lipinski definition) is 2. The van der Waals surface area contributed by atoms with E-state index in [0.29, 0.717) is 0 Å². The van der Waals surface area contributed by atoms with E-state index in [2.05, 4.69) is 11.9 Å². The van der Waals surface area contributed by atoms with E-state index >= 15 is 0 Å². The molecule has 3 saturated carbocycles. The van der Waals surface area contributed by atoms with E-state index in [4.69, 9.17) is 5.11 Å². The van der Waals surface area contributed by atoms with E-state index in [1.165, 1.54) is 31.3 Å². The van der Waals surface area contributed by atoms with E-state index in [1.807, 2.05) is 0 Å². The van der Waals surface area contributed by atoms with Crippen molar-refractivity contribution in [2.75, 3.05) is 27.2 Å². The largest absolute Gasteiger partial charge is 0.400 e. The summed E-state index contributed by atoms with van der Waals surface area (Å²) in [6.07, 6.45) is 7.90. The van der Waals surface area contributed by atoms with Gasteiger partial charge >= 0.3 is 0 Å². The van der Waals surface area contributed by atoms with E-state index < -0.39 is 0 Å². The molecule has 4 aliphatic rings. The van der Waals surface area contributed by atoms with Gasteiger partial charge in [0.05, 0.1) is 0 Å². The Bertz CT molecular complexity index is 280. The molecule has 0 radical (unpaired) electrons. The summed E-state index contributed by atoms with van der Waals surface area (Å²) in [5, 5.41) is 7.00. The maximum Gasteiger partial charge on any atom is 0.0319 e. The molecule has 2 heteroatoms. The molecule has 86 valence electrons. The molecule has 1 heterocycles. The Balaban J connectivity index is 0.000000343. The third kappa shape index (κ3) is 1.07. The minimum atomic E-state index is 0.815. The number of aliphatic hydroxyl groups excluding tert-OH is 1. The zero-order valence-electron chi connectivity index (χ0n) is 10.00. The summed E-state index contributed by atoms with van der Waals surface area (Å²) in [6.45, 7) is 2.80. The maximum atomic E-state index is 7.00. The summed E-state index contributed by atoms with van der Waals surface area (Å²) in [6, 6.07) is 0. The first-order valence-electron chi connectivity index (χ1n) is 6.39. The normalized spacial score (nSPS) is 55.4. The molecule has 4 atom stereocenters. The van der Waals surface area contributed by atoms with Gasteiger partial charge in [0.2, 0.25) is 0 Å². The van der Waals surface area contributed by atoms with Crippen molar-refractivity contribution in [1.82, 2.24) is 4.90 Å². The smallest absolute Gasteiger partial charge is 0.0319 e. The van der Waals surface area contributed by atoms with Crippen molar-refractivity contribution < 1.29 is 5.11 Å². The first kappa shape index (κ1) is 10.1. The molecule has 4 unspecified atom stereocenters. The Morgan fingerprint density at radius 1 is 1.20 bits per heavy atom. The zero-order valence-corrected chi connectivity index (χ0v) is 10.00. The van der Waals surface area contributed by atoms with Gasteiger partial charge in [-0.1, -0.05) is 0 Å². The van der Waals surface area contributed by atoms with Crippen LogP contribution in [0.1, 0.15) is 32.1 Å². The molecule has 4 fully saturated rings. The van der Waals surface area contributed by atoms with Crippen molar-refractivity contribution in [3.8, 4) is 0 Å². The van der Waals surface area contributed by atoms with Crippen LogP contribution in [0, 0.1) is 22.7 Å². The average molecular weight is 209 g/mol. The number of likely N-dealkylation sites (tertiary alicyclic amines) is 1. The highest BCUT2D eigenvalue weighted by molar-refractivity contribution is 5.25. The van der Waals surface area contributed by atoms with Crippen molar-refractivity contribution in [1.29, 1.82) is 0 Å². The Morgan fingerprint density at radius 2 is 2.00 bits per heavy atom. The summed E-state index contributed by atoms with van der Waals surface area (Å²) >= 11 is 0. The van der Waals surface area contributed by atoms with Crippen LogP contribution in [0.3, 0.4) is 0 Å². The minimum absolute atomic E-state index is 0.815. The molecule has 0 aromatic rings. The van der Waals surface area contributed by atoms with E-state index in [-0.39, 0.29) is 0 Å². The minimum Gasteiger partial charge on any atom is -0.400 e. The van der Waals surface area contributed by atoms with Crippen LogP contribution in [0.25, 0.3) is 0 Å². The van der Waals surface area contributed by atoms with Gasteiger partial charge in [0, 0.05) is 13.7 Å². The molecular formula is C13H23NO. The maximum absolute atomic E-state index is 7.00. The highest BCUT2D eigenvalue weighted by Crippen LogP contribution is 2.82. The second-order valence-corrected chi connectivity index (χ2v) is 6.28. The number of nitrogens with zero attached hydrogens (tertiary/aromatic N) is 1. The van der Waals surface area contributed by atoms with Gasteiger partial charge in [-0.05, 0) is 68.4 Å². The molecule has 1 N–H and O–H groups in total. The molecule has 2 nitrogen and oxygen atoms in total. The van der Waals surface area contributed by atoms with Gasteiger partial charge in [-0.2, -0.15) is 0 Å². The van der Waals surface area contributed by atoms with Crippen molar-refractivity contribution in [3.05, 3.63) is 0 Å². The fourth-order valence-corrected chi connectivity index (χ4v) is 5.09. The van der Waals surface area contributed by atoms with Crippen LogP contribution in [0.15, 0.2) is 0 Å². The lowest BCUT2D eigenvalue weighted by atomic mass is 9.70. The van der Waals surface area contributed by atoms with E-state index in [9.17, 15) is 0 Å². The van der Waals surface area contributed by atoms with Crippen LogP contribution < -0.4 is 0 Å². The average Bonchev–Trinajstić information content (AvgIpc) is 2.89. The topological polar surface area (TPSA) is 23.5 Å². The lowest BCUT2D eigenvalue weighted by Crippen LogP contribution is -2.27. The fraction of sp³-hybridized carbons (Fsp3) is 1.00. The second-order valence-electron chi connectivity index (χ2n) is 6.28. The van der Waals surface area contributed by atoms with Crippen molar-refractivity contribution >= 4 is 0 Å². The molecule has 4 rings (SSSR count). The fourth-order valence-electron chi connectivity index (χ4n) is 5.09. The standard InChI is InChI=1S/C12H19N.CH4O/c1-13-5-4-11(8-13)6-9-2-3-12(9)7-10(11)12;1-2/h9-10H,2-8H2,1H3;2H,1H3. The van der Waals surface area contributed by atoms with Gasteiger partial charge in [-0.15, -0.1) is 0 Å². The highest BCUT2D eigenvalue weighted by Gasteiger charge is 2.75. The Morgan fingerprint density at radius 3 is 2.33 bits per heavy atom. The molecular weight excluding hydrogens is 186 g/mol. The molecule has 15 heavy (non-hydrogen) atoms. The quantitative estimate of drug-likeness (QED) is 0.657. The molecule has 3 aliphatic carbocycles. The Labute approximate surface area is 92.7 Å². The number of fused-ring (bicyclic) bond motifs is 1. The summed E-state index contributed by atoms with van der Waals surface area (Å²) < 4.78 is 0. The summed E-state index contributed by atoms with van der Waals surface area (Å²) in [7, 11) is 3.31. The Kier molecular flexibility index (Phi) is 2.01. The molecule has 0 aromatic carbocycles. The lowest BCUT2D eigenvalue weighted by molar-refractivity contribution is 0.157. The van der Waals surface area contributed by atoms with Gasteiger partial charge in [-0.25, -0.2) is 0 Å². The third-order valence-corrected chi connectivity index (χ3v) is 5.86. The van der Waals surface area contributed by atoms with E-state index in [0.717, 1.165) is 17.9 Å². The van der Waals surface area contributed by atoms with Crippen LogP contribution in [0.2, 0.25) is 0 Å². The summed E-state index contributed by atoms with van der Waals surface area (Å²) in [5.74, 6) is 2.34. The van der Waals surface area contributed by atoms with Crippen molar-refractivity contribution in [2.45, 2.75) is 32.1 Å². The van der Waals surface area contributed by atoms with Gasteiger partial charge in [0.1, 0.15) is 0 Å². The SMILES string of the molecule is CN1CCC2(CC3CCC34CC24)C1.CO. The number of aliphatic hydroxyl groups is 1. The van der Waals surface area contributed by atoms with Gasteiger partial charge in [0.25, 0.3) is 0 Å². The van der Waals surface area contributed by atoms with Crippen LogP contribution in [-0.2, 0) is 0 Å². The van der Waals surface area contributed by atoms with Crippen LogP contribution in [0.5, 0.6) is 0 Å². The van der Waals surface area contributed by atoms with Gasteiger partial charge < -0.3 is 10.0 Å². The third-order valence-electron chi connectivity index (χ3n) is 5.86. The van der Waals surface area contributed by atoms with Crippen LogP contribution in [0.4, 0.5) is 0 Å². The highest BCUT2D eigenvalue weighted by atomic mass is 16.2.